The molecule has 0 saturated carbocycles. The van der Waals surface area contributed by atoms with Gasteiger partial charge in [0.25, 0.3) is 0 Å². The van der Waals surface area contributed by atoms with E-state index in [1.54, 1.807) is 7.11 Å². The average Bonchev–Trinajstić information content (AvgIpc) is 2.19. The number of aryl methyl sites for hydroxylation is 1. The molecule has 76 valence electrons. The summed E-state index contributed by atoms with van der Waals surface area (Å²) in [6.45, 7) is 0. The molecule has 0 aliphatic rings. The van der Waals surface area contributed by atoms with Gasteiger partial charge in [-0.25, -0.2) is 0 Å². The monoisotopic (exact) mass is 256 g/mol. The number of halogens is 1. The molecular formula is C11H13BrO2. The van der Waals surface area contributed by atoms with Crippen LogP contribution in [0.1, 0.15) is 18.4 Å². The van der Waals surface area contributed by atoms with Gasteiger partial charge in [0.2, 0.25) is 0 Å². The predicted octanol–water partition coefficient (Wildman–Crippen LogP) is 2.98. The van der Waals surface area contributed by atoms with E-state index in [0.29, 0.717) is 6.42 Å². The zero-order valence-electron chi connectivity index (χ0n) is 8.13. The van der Waals surface area contributed by atoms with Crippen LogP contribution in [0.25, 0.3) is 0 Å². The van der Waals surface area contributed by atoms with Gasteiger partial charge in [-0.1, -0.05) is 15.9 Å². The number of aldehydes is 1. The number of rotatable bonds is 5. The SMILES string of the molecule is COc1ccc(Br)cc1CCCC=O. The summed E-state index contributed by atoms with van der Waals surface area (Å²) in [7, 11) is 1.66. The van der Waals surface area contributed by atoms with E-state index in [4.69, 9.17) is 4.74 Å². The fourth-order valence-electron chi connectivity index (χ4n) is 1.32. The number of methoxy groups -OCH3 is 1. The lowest BCUT2D eigenvalue weighted by Gasteiger charge is -2.07. The second kappa shape index (κ2) is 5.81. The number of benzene rings is 1. The molecule has 0 aliphatic heterocycles. The highest BCUT2D eigenvalue weighted by atomic mass is 79.9. The lowest BCUT2D eigenvalue weighted by molar-refractivity contribution is -0.107. The summed E-state index contributed by atoms with van der Waals surface area (Å²) < 4.78 is 6.26. The smallest absolute Gasteiger partial charge is 0.122 e. The van der Waals surface area contributed by atoms with Gasteiger partial charge in [-0.15, -0.1) is 0 Å². The Balaban J connectivity index is 2.71. The van der Waals surface area contributed by atoms with Crippen molar-refractivity contribution in [1.29, 1.82) is 0 Å². The molecule has 0 aliphatic carbocycles. The van der Waals surface area contributed by atoms with Crippen molar-refractivity contribution in [1.82, 2.24) is 0 Å². The van der Waals surface area contributed by atoms with Crippen molar-refractivity contribution in [3.05, 3.63) is 28.2 Å². The lowest BCUT2D eigenvalue weighted by Crippen LogP contribution is -1.92. The fraction of sp³-hybridized carbons (Fsp3) is 0.364. The van der Waals surface area contributed by atoms with Crippen molar-refractivity contribution >= 4 is 22.2 Å². The van der Waals surface area contributed by atoms with Crippen molar-refractivity contribution < 1.29 is 9.53 Å². The molecule has 0 fully saturated rings. The molecular weight excluding hydrogens is 244 g/mol. The topological polar surface area (TPSA) is 26.3 Å². The molecule has 0 N–H and O–H groups in total. The molecule has 0 atom stereocenters. The minimum absolute atomic E-state index is 0.607. The van der Waals surface area contributed by atoms with Gasteiger partial charge in [0.05, 0.1) is 7.11 Å². The highest BCUT2D eigenvalue weighted by Crippen LogP contribution is 2.24. The zero-order valence-corrected chi connectivity index (χ0v) is 9.71. The summed E-state index contributed by atoms with van der Waals surface area (Å²) in [5.74, 6) is 0.888. The first-order valence-electron chi connectivity index (χ1n) is 4.54. The second-order valence-electron chi connectivity index (χ2n) is 3.02. The average molecular weight is 257 g/mol. The third-order valence-corrected chi connectivity index (χ3v) is 2.50. The number of hydrogen-bond acceptors (Lipinski definition) is 2. The minimum atomic E-state index is 0.607. The molecule has 0 unspecified atom stereocenters. The van der Waals surface area contributed by atoms with E-state index in [-0.39, 0.29) is 0 Å². The van der Waals surface area contributed by atoms with Gasteiger partial charge >= 0.3 is 0 Å². The summed E-state index contributed by atoms with van der Waals surface area (Å²) >= 11 is 3.41. The first-order chi connectivity index (χ1) is 6.77. The van der Waals surface area contributed by atoms with Gasteiger partial charge in [0, 0.05) is 10.9 Å². The van der Waals surface area contributed by atoms with Crippen LogP contribution in [0, 0.1) is 0 Å². The molecule has 1 rings (SSSR count). The third kappa shape index (κ3) is 3.14. The summed E-state index contributed by atoms with van der Waals surface area (Å²) in [6.07, 6.45) is 3.30. The van der Waals surface area contributed by atoms with Crippen LogP contribution in [0.2, 0.25) is 0 Å². The van der Waals surface area contributed by atoms with E-state index >= 15 is 0 Å². The summed E-state index contributed by atoms with van der Waals surface area (Å²) in [6, 6.07) is 5.91. The Morgan fingerprint density at radius 3 is 2.93 bits per heavy atom. The molecule has 0 radical (unpaired) electrons. The quantitative estimate of drug-likeness (QED) is 0.598. The van der Waals surface area contributed by atoms with E-state index in [1.807, 2.05) is 18.2 Å². The number of carbonyl (C=O) groups excluding carboxylic acids is 1. The van der Waals surface area contributed by atoms with Crippen molar-refractivity contribution in [2.75, 3.05) is 7.11 Å². The summed E-state index contributed by atoms with van der Waals surface area (Å²) in [5.41, 5.74) is 1.14. The Morgan fingerprint density at radius 1 is 1.50 bits per heavy atom. The van der Waals surface area contributed by atoms with Crippen LogP contribution in [-0.2, 0) is 11.2 Å². The van der Waals surface area contributed by atoms with Gasteiger partial charge in [0.15, 0.2) is 0 Å². The molecule has 1 aromatic rings. The molecule has 3 heteroatoms. The lowest BCUT2D eigenvalue weighted by atomic mass is 10.1. The van der Waals surface area contributed by atoms with Crippen LogP contribution in [0.3, 0.4) is 0 Å². The van der Waals surface area contributed by atoms with Gasteiger partial charge in [-0.2, -0.15) is 0 Å². The molecule has 2 nitrogen and oxygen atoms in total. The molecule has 0 amide bonds. The highest BCUT2D eigenvalue weighted by molar-refractivity contribution is 9.10. The molecule has 0 spiro atoms. The van der Waals surface area contributed by atoms with E-state index < -0.39 is 0 Å². The maximum Gasteiger partial charge on any atom is 0.122 e. The number of hydrogen-bond donors (Lipinski definition) is 0. The standard InChI is InChI=1S/C11H13BrO2/c1-14-11-6-5-10(12)8-9(11)4-2-3-7-13/h5-8H,2-4H2,1H3. The number of carbonyl (C=O) groups is 1. The van der Waals surface area contributed by atoms with Crippen LogP contribution in [-0.4, -0.2) is 13.4 Å². The summed E-state index contributed by atoms with van der Waals surface area (Å²) in [4.78, 5) is 10.2. The van der Waals surface area contributed by atoms with E-state index in [9.17, 15) is 4.79 Å². The largest absolute Gasteiger partial charge is 0.496 e. The molecule has 1 aromatic carbocycles. The zero-order chi connectivity index (χ0) is 10.4. The number of ether oxygens (including phenoxy) is 1. The van der Waals surface area contributed by atoms with Crippen LogP contribution in [0.5, 0.6) is 5.75 Å². The molecule has 0 aromatic heterocycles. The van der Waals surface area contributed by atoms with Crippen molar-refractivity contribution in [2.45, 2.75) is 19.3 Å². The minimum Gasteiger partial charge on any atom is -0.496 e. The Bertz CT molecular complexity index is 310. The van der Waals surface area contributed by atoms with Crippen LogP contribution in [0.4, 0.5) is 0 Å². The number of unbranched alkanes of at least 4 members (excludes halogenated alkanes) is 1. The van der Waals surface area contributed by atoms with Crippen molar-refractivity contribution in [3.8, 4) is 5.75 Å². The van der Waals surface area contributed by atoms with Crippen LogP contribution in [0.15, 0.2) is 22.7 Å². The van der Waals surface area contributed by atoms with E-state index in [2.05, 4.69) is 15.9 Å². The van der Waals surface area contributed by atoms with Crippen molar-refractivity contribution in [3.63, 3.8) is 0 Å². The van der Waals surface area contributed by atoms with E-state index in [0.717, 1.165) is 34.9 Å². The van der Waals surface area contributed by atoms with Crippen LogP contribution >= 0.6 is 15.9 Å². The maximum atomic E-state index is 10.2. The second-order valence-corrected chi connectivity index (χ2v) is 3.93. The fourth-order valence-corrected chi connectivity index (χ4v) is 1.73. The maximum absolute atomic E-state index is 10.2. The Hall–Kier alpha value is -0.830. The molecule has 0 bridgehead atoms. The normalized spacial score (nSPS) is 9.86. The molecule has 14 heavy (non-hydrogen) atoms. The van der Waals surface area contributed by atoms with Gasteiger partial charge < -0.3 is 9.53 Å². The predicted molar refractivity (Wildman–Crippen MR) is 59.7 cm³/mol. The van der Waals surface area contributed by atoms with E-state index in [1.165, 1.54) is 0 Å². The Kier molecular flexibility index (Phi) is 4.66. The van der Waals surface area contributed by atoms with Crippen molar-refractivity contribution in [2.24, 2.45) is 0 Å². The van der Waals surface area contributed by atoms with Gasteiger partial charge in [0.1, 0.15) is 12.0 Å². The molecule has 0 heterocycles. The Morgan fingerprint density at radius 2 is 2.29 bits per heavy atom. The van der Waals surface area contributed by atoms with Gasteiger partial charge in [-0.3, -0.25) is 0 Å². The highest BCUT2D eigenvalue weighted by Gasteiger charge is 2.02. The summed E-state index contributed by atoms with van der Waals surface area (Å²) in [5, 5.41) is 0. The first kappa shape index (κ1) is 11.2. The Labute approximate surface area is 92.4 Å². The van der Waals surface area contributed by atoms with Crippen LogP contribution < -0.4 is 4.74 Å². The first-order valence-corrected chi connectivity index (χ1v) is 5.33. The third-order valence-electron chi connectivity index (χ3n) is 2.01. The van der Waals surface area contributed by atoms with Gasteiger partial charge in [-0.05, 0) is 36.6 Å². The molecule has 0 saturated heterocycles.